The largest absolute Gasteiger partial charge is 0.492 e. The lowest BCUT2D eigenvalue weighted by molar-refractivity contribution is -0.159. The second-order valence-corrected chi connectivity index (χ2v) is 4.52. The smallest absolute Gasteiger partial charge is 0.414 e. The minimum atomic E-state index is -1.82. The standard InChI is InChI=1S/C14H23NO.C2H2O4/c1-3-5-10-15-11-12-16-14-9-7-6-8-13(14)4-2;3-1(4)2(5)6/h6-9,15H,3-5,10-12H2,1-2H3;(H,3,4)(H,5,6). The first kappa shape index (κ1) is 19.9. The molecule has 0 radical (unpaired) electrons. The molecule has 6 heteroatoms. The first-order valence-corrected chi connectivity index (χ1v) is 7.40. The molecule has 0 fully saturated rings. The van der Waals surface area contributed by atoms with Gasteiger partial charge in [0.25, 0.3) is 0 Å². The van der Waals surface area contributed by atoms with Gasteiger partial charge in [0.05, 0.1) is 0 Å². The Bertz CT molecular complexity index is 436. The zero-order valence-corrected chi connectivity index (χ0v) is 13.2. The van der Waals surface area contributed by atoms with Crippen LogP contribution in [0.4, 0.5) is 0 Å². The third kappa shape index (κ3) is 9.77. The number of aryl methyl sites for hydroxylation is 1. The summed E-state index contributed by atoms with van der Waals surface area (Å²) in [5.41, 5.74) is 1.29. The second kappa shape index (κ2) is 12.6. The maximum Gasteiger partial charge on any atom is 0.414 e. The number of carbonyl (C=O) groups is 2. The van der Waals surface area contributed by atoms with Crippen LogP contribution >= 0.6 is 0 Å². The van der Waals surface area contributed by atoms with Crippen LogP contribution in [0.2, 0.25) is 0 Å². The first-order chi connectivity index (χ1) is 10.5. The van der Waals surface area contributed by atoms with Gasteiger partial charge in [0, 0.05) is 6.54 Å². The maximum absolute atomic E-state index is 9.10. The molecule has 0 saturated carbocycles. The van der Waals surface area contributed by atoms with Gasteiger partial charge in [-0.25, -0.2) is 9.59 Å². The lowest BCUT2D eigenvalue weighted by Gasteiger charge is -2.10. The quantitative estimate of drug-likeness (QED) is 0.503. The molecule has 1 aromatic rings. The zero-order chi connectivity index (χ0) is 16.8. The van der Waals surface area contributed by atoms with Crippen molar-refractivity contribution in [1.82, 2.24) is 5.32 Å². The van der Waals surface area contributed by atoms with Crippen LogP contribution in [-0.2, 0) is 16.0 Å². The van der Waals surface area contributed by atoms with E-state index in [1.54, 1.807) is 0 Å². The minimum Gasteiger partial charge on any atom is -0.492 e. The lowest BCUT2D eigenvalue weighted by atomic mass is 10.1. The number of carboxylic acids is 2. The molecule has 0 aromatic heterocycles. The van der Waals surface area contributed by atoms with Crippen LogP contribution in [0, 0.1) is 0 Å². The Labute approximate surface area is 131 Å². The van der Waals surface area contributed by atoms with Gasteiger partial charge in [0.2, 0.25) is 0 Å². The SMILES string of the molecule is CCCCNCCOc1ccccc1CC.O=C(O)C(=O)O. The van der Waals surface area contributed by atoms with Gasteiger partial charge in [-0.2, -0.15) is 0 Å². The Kier molecular flexibility index (Phi) is 11.4. The Morgan fingerprint density at radius 2 is 1.73 bits per heavy atom. The monoisotopic (exact) mass is 311 g/mol. The highest BCUT2D eigenvalue weighted by Crippen LogP contribution is 2.17. The van der Waals surface area contributed by atoms with Crippen molar-refractivity contribution in [1.29, 1.82) is 0 Å². The van der Waals surface area contributed by atoms with Crippen molar-refractivity contribution in [3.05, 3.63) is 29.8 Å². The summed E-state index contributed by atoms with van der Waals surface area (Å²) in [5, 5.41) is 18.2. The van der Waals surface area contributed by atoms with Crippen LogP contribution in [-0.4, -0.2) is 41.8 Å². The van der Waals surface area contributed by atoms with Crippen LogP contribution in [0.25, 0.3) is 0 Å². The highest BCUT2D eigenvalue weighted by atomic mass is 16.5. The molecule has 1 aromatic carbocycles. The molecule has 0 heterocycles. The third-order valence-corrected chi connectivity index (χ3v) is 2.78. The molecule has 0 saturated heterocycles. The summed E-state index contributed by atoms with van der Waals surface area (Å²) in [7, 11) is 0. The first-order valence-electron chi connectivity index (χ1n) is 7.40. The maximum atomic E-state index is 9.10. The number of unbranched alkanes of at least 4 members (excludes halogenated alkanes) is 1. The van der Waals surface area contributed by atoms with Crippen molar-refractivity contribution >= 4 is 11.9 Å². The molecule has 0 spiro atoms. The molecule has 0 unspecified atom stereocenters. The highest BCUT2D eigenvalue weighted by Gasteiger charge is 2.04. The third-order valence-electron chi connectivity index (χ3n) is 2.78. The number of benzene rings is 1. The van der Waals surface area contributed by atoms with Crippen LogP contribution < -0.4 is 10.1 Å². The molecular weight excluding hydrogens is 286 g/mol. The van der Waals surface area contributed by atoms with Crippen LogP contribution in [0.1, 0.15) is 32.3 Å². The molecule has 0 aliphatic rings. The van der Waals surface area contributed by atoms with E-state index in [0.29, 0.717) is 0 Å². The Hall–Kier alpha value is -2.08. The van der Waals surface area contributed by atoms with Crippen molar-refractivity contribution in [3.8, 4) is 5.75 Å². The van der Waals surface area contributed by atoms with Gasteiger partial charge < -0.3 is 20.3 Å². The topological polar surface area (TPSA) is 95.9 Å². The van der Waals surface area contributed by atoms with Gasteiger partial charge in [0.1, 0.15) is 12.4 Å². The molecule has 0 bridgehead atoms. The number of hydrogen-bond acceptors (Lipinski definition) is 4. The number of rotatable bonds is 8. The number of aliphatic carboxylic acids is 2. The fraction of sp³-hybridized carbons (Fsp3) is 0.500. The summed E-state index contributed by atoms with van der Waals surface area (Å²) in [5.74, 6) is -2.62. The van der Waals surface area contributed by atoms with E-state index in [1.165, 1.54) is 18.4 Å². The average Bonchev–Trinajstić information content (AvgIpc) is 2.51. The van der Waals surface area contributed by atoms with E-state index >= 15 is 0 Å². The van der Waals surface area contributed by atoms with Gasteiger partial charge >= 0.3 is 11.9 Å². The minimum absolute atomic E-state index is 0.751. The predicted molar refractivity (Wildman–Crippen MR) is 84.4 cm³/mol. The Morgan fingerprint density at radius 1 is 1.09 bits per heavy atom. The van der Waals surface area contributed by atoms with Crippen molar-refractivity contribution < 1.29 is 24.5 Å². The summed E-state index contributed by atoms with van der Waals surface area (Å²) >= 11 is 0. The predicted octanol–water partition coefficient (Wildman–Crippen LogP) is 2.17. The van der Waals surface area contributed by atoms with E-state index in [0.717, 1.165) is 31.9 Å². The fourth-order valence-corrected chi connectivity index (χ4v) is 1.60. The van der Waals surface area contributed by atoms with Crippen LogP contribution in [0.3, 0.4) is 0 Å². The van der Waals surface area contributed by atoms with Gasteiger partial charge in [-0.15, -0.1) is 0 Å². The summed E-state index contributed by atoms with van der Waals surface area (Å²) in [6.07, 6.45) is 3.51. The number of ether oxygens (including phenoxy) is 1. The van der Waals surface area contributed by atoms with Crippen molar-refractivity contribution in [3.63, 3.8) is 0 Å². The van der Waals surface area contributed by atoms with Crippen LogP contribution in [0.15, 0.2) is 24.3 Å². The van der Waals surface area contributed by atoms with E-state index in [2.05, 4.69) is 31.3 Å². The van der Waals surface area contributed by atoms with Gasteiger partial charge in [0.15, 0.2) is 0 Å². The average molecular weight is 311 g/mol. The summed E-state index contributed by atoms with van der Waals surface area (Å²) in [6.45, 7) is 7.13. The van der Waals surface area contributed by atoms with Gasteiger partial charge in [-0.3, -0.25) is 0 Å². The summed E-state index contributed by atoms with van der Waals surface area (Å²) in [4.78, 5) is 18.2. The molecule has 0 amide bonds. The molecule has 1 rings (SSSR count). The number of para-hydroxylation sites is 1. The normalized spacial score (nSPS) is 9.55. The summed E-state index contributed by atoms with van der Waals surface area (Å²) < 4.78 is 5.75. The number of hydrogen-bond donors (Lipinski definition) is 3. The molecule has 3 N–H and O–H groups in total. The fourth-order valence-electron chi connectivity index (χ4n) is 1.60. The van der Waals surface area contributed by atoms with E-state index < -0.39 is 11.9 Å². The van der Waals surface area contributed by atoms with Gasteiger partial charge in [-0.05, 0) is 31.0 Å². The van der Waals surface area contributed by atoms with Crippen molar-refractivity contribution in [2.45, 2.75) is 33.1 Å². The lowest BCUT2D eigenvalue weighted by Crippen LogP contribution is -2.22. The Balaban J connectivity index is 0.000000626. The molecule has 124 valence electrons. The second-order valence-electron chi connectivity index (χ2n) is 4.52. The molecule has 22 heavy (non-hydrogen) atoms. The molecule has 0 aliphatic carbocycles. The van der Waals surface area contributed by atoms with E-state index in [4.69, 9.17) is 24.5 Å². The summed E-state index contributed by atoms with van der Waals surface area (Å²) in [6, 6.07) is 8.26. The highest BCUT2D eigenvalue weighted by molar-refractivity contribution is 6.27. The van der Waals surface area contributed by atoms with Crippen molar-refractivity contribution in [2.24, 2.45) is 0 Å². The van der Waals surface area contributed by atoms with E-state index in [-0.39, 0.29) is 0 Å². The number of nitrogens with one attached hydrogen (secondary N) is 1. The molecule has 0 aliphatic heterocycles. The van der Waals surface area contributed by atoms with E-state index in [9.17, 15) is 0 Å². The number of carboxylic acid groups (broad SMARTS) is 2. The molecular formula is C16H25NO5. The molecule has 6 nitrogen and oxygen atoms in total. The van der Waals surface area contributed by atoms with Crippen LogP contribution in [0.5, 0.6) is 5.75 Å². The Morgan fingerprint density at radius 3 is 2.27 bits per heavy atom. The zero-order valence-electron chi connectivity index (χ0n) is 13.2. The van der Waals surface area contributed by atoms with E-state index in [1.807, 2.05) is 12.1 Å². The molecule has 0 atom stereocenters. The van der Waals surface area contributed by atoms with Crippen molar-refractivity contribution in [2.75, 3.05) is 19.7 Å². The van der Waals surface area contributed by atoms with Gasteiger partial charge in [-0.1, -0.05) is 38.5 Å².